The minimum absolute atomic E-state index is 0.134. The summed E-state index contributed by atoms with van der Waals surface area (Å²) in [6.45, 7) is 2.46. The zero-order valence-electron chi connectivity index (χ0n) is 19.8. The molecule has 0 spiro atoms. The Kier molecular flexibility index (Phi) is 8.61. The molecule has 0 bridgehead atoms. The summed E-state index contributed by atoms with van der Waals surface area (Å²) in [5.41, 5.74) is 1.39. The third-order valence-electron chi connectivity index (χ3n) is 6.66. The summed E-state index contributed by atoms with van der Waals surface area (Å²) in [7, 11) is -1.89. The van der Waals surface area contributed by atoms with Crippen molar-refractivity contribution in [2.75, 3.05) is 38.6 Å². The minimum atomic E-state index is -3.62. The Labute approximate surface area is 211 Å². The zero-order chi connectivity index (χ0) is 24.8. The van der Waals surface area contributed by atoms with Crippen LogP contribution in [-0.4, -0.2) is 79.4 Å². The Morgan fingerprint density at radius 2 is 1.89 bits per heavy atom. The van der Waals surface area contributed by atoms with Gasteiger partial charge in [0, 0.05) is 69.3 Å². The van der Waals surface area contributed by atoms with E-state index in [9.17, 15) is 13.2 Å². The van der Waals surface area contributed by atoms with Crippen LogP contribution in [0.3, 0.4) is 0 Å². The summed E-state index contributed by atoms with van der Waals surface area (Å²) >= 11 is 6.40. The summed E-state index contributed by atoms with van der Waals surface area (Å²) in [5.74, 6) is 0. The van der Waals surface area contributed by atoms with E-state index in [1.807, 2.05) is 6.07 Å². The van der Waals surface area contributed by atoms with Crippen LogP contribution in [0.4, 0.5) is 10.5 Å². The number of hydrogen-bond donors (Lipinski definition) is 2. The average Bonchev–Trinajstić information content (AvgIpc) is 2.88. The average molecular weight is 522 g/mol. The molecule has 1 aromatic carbocycles. The molecule has 2 fully saturated rings. The Morgan fingerprint density at radius 1 is 1.14 bits per heavy atom. The van der Waals surface area contributed by atoms with Crippen LogP contribution in [0, 0.1) is 0 Å². The lowest BCUT2D eigenvalue weighted by Crippen LogP contribution is -2.56. The molecule has 35 heavy (non-hydrogen) atoms. The third kappa shape index (κ3) is 6.50. The van der Waals surface area contributed by atoms with Gasteiger partial charge in [-0.3, -0.25) is 9.88 Å². The van der Waals surface area contributed by atoms with Crippen molar-refractivity contribution in [3.05, 3.63) is 54.4 Å². The van der Waals surface area contributed by atoms with Crippen molar-refractivity contribution in [1.82, 2.24) is 19.5 Å². The van der Waals surface area contributed by atoms with Crippen LogP contribution >= 0.6 is 11.6 Å². The molecule has 2 amide bonds. The Hall–Kier alpha value is -2.24. The van der Waals surface area contributed by atoms with E-state index in [1.54, 1.807) is 37.7 Å². The van der Waals surface area contributed by atoms with Gasteiger partial charge in [0.2, 0.25) is 10.0 Å². The number of alkyl halides is 1. The van der Waals surface area contributed by atoms with Crippen molar-refractivity contribution in [3.8, 4) is 0 Å². The number of hydrogen-bond acceptors (Lipinski definition) is 6. The van der Waals surface area contributed by atoms with E-state index in [-0.39, 0.29) is 28.4 Å². The fourth-order valence-corrected chi connectivity index (χ4v) is 6.45. The van der Waals surface area contributed by atoms with E-state index < -0.39 is 10.0 Å². The predicted molar refractivity (Wildman–Crippen MR) is 135 cm³/mol. The van der Waals surface area contributed by atoms with E-state index in [2.05, 4.69) is 20.5 Å². The normalized spacial score (nSPS) is 24.1. The van der Waals surface area contributed by atoms with Crippen LogP contribution in [0.1, 0.15) is 24.8 Å². The van der Waals surface area contributed by atoms with Gasteiger partial charge >= 0.3 is 6.03 Å². The molecule has 1 aliphatic carbocycles. The Morgan fingerprint density at radius 3 is 2.54 bits per heavy atom. The molecule has 2 aliphatic rings. The van der Waals surface area contributed by atoms with Gasteiger partial charge in [-0.05, 0) is 55.2 Å². The SMILES string of the molecule is COC1CCC(Cl)CC1N1CCN(S(=O)(=O)c2ccc(NC(=O)NCc3cccnc3)cc2)CC1. The molecule has 1 saturated carbocycles. The highest BCUT2D eigenvalue weighted by Crippen LogP contribution is 2.30. The fraction of sp³-hybridized carbons (Fsp3) is 0.500. The number of ether oxygens (including phenoxy) is 1. The summed E-state index contributed by atoms with van der Waals surface area (Å²) in [5, 5.41) is 5.60. The highest BCUT2D eigenvalue weighted by molar-refractivity contribution is 7.89. The molecular weight excluding hydrogens is 490 g/mol. The predicted octanol–water partition coefficient (Wildman–Crippen LogP) is 2.88. The molecular formula is C24H32ClN5O4S. The number of urea groups is 1. The first-order valence-corrected chi connectivity index (χ1v) is 13.7. The molecule has 2 N–H and O–H groups in total. The van der Waals surface area contributed by atoms with Crippen molar-refractivity contribution in [2.45, 2.75) is 48.2 Å². The van der Waals surface area contributed by atoms with E-state index in [1.165, 1.54) is 16.4 Å². The van der Waals surface area contributed by atoms with E-state index in [0.29, 0.717) is 38.4 Å². The number of sulfonamides is 1. The molecule has 1 aliphatic heterocycles. The second-order valence-electron chi connectivity index (χ2n) is 8.89. The molecule has 1 aromatic heterocycles. The van der Waals surface area contributed by atoms with Crippen LogP contribution in [0.2, 0.25) is 0 Å². The number of rotatable bonds is 7. The number of piperazine rings is 1. The Bertz CT molecular complexity index is 1080. The monoisotopic (exact) mass is 521 g/mol. The standard InChI is InChI=1S/C24H32ClN5O4S/c1-34-23-9-4-19(25)15-22(23)29-11-13-30(14-12-29)35(32,33)21-7-5-20(6-8-21)28-24(31)27-17-18-3-2-10-26-16-18/h2-3,5-8,10,16,19,22-23H,4,9,11-15,17H2,1H3,(H2,27,28,31). The quantitative estimate of drug-likeness (QED) is 0.543. The van der Waals surface area contributed by atoms with Gasteiger partial charge in [0.1, 0.15) is 0 Å². The highest BCUT2D eigenvalue weighted by Gasteiger charge is 2.37. The lowest BCUT2D eigenvalue weighted by atomic mass is 9.90. The number of aromatic nitrogens is 1. The van der Waals surface area contributed by atoms with Gasteiger partial charge < -0.3 is 15.4 Å². The molecule has 2 aromatic rings. The number of methoxy groups -OCH3 is 1. The molecule has 3 atom stereocenters. The van der Waals surface area contributed by atoms with Gasteiger partial charge in [-0.1, -0.05) is 6.07 Å². The molecule has 4 rings (SSSR count). The van der Waals surface area contributed by atoms with Gasteiger partial charge in [-0.25, -0.2) is 13.2 Å². The fourth-order valence-electron chi connectivity index (χ4n) is 4.72. The number of halogens is 1. The maximum Gasteiger partial charge on any atom is 0.319 e. The molecule has 190 valence electrons. The second kappa shape index (κ2) is 11.7. The summed E-state index contributed by atoms with van der Waals surface area (Å²) in [6, 6.07) is 9.75. The molecule has 2 heterocycles. The van der Waals surface area contributed by atoms with Gasteiger partial charge in [-0.2, -0.15) is 4.31 Å². The summed E-state index contributed by atoms with van der Waals surface area (Å²) in [4.78, 5) is 18.7. The molecule has 11 heteroatoms. The smallest absolute Gasteiger partial charge is 0.319 e. The maximum atomic E-state index is 13.2. The number of benzene rings is 1. The molecule has 0 radical (unpaired) electrons. The van der Waals surface area contributed by atoms with Crippen LogP contribution in [0.5, 0.6) is 0 Å². The number of carbonyl (C=O) groups is 1. The lowest BCUT2D eigenvalue weighted by molar-refractivity contribution is -0.0194. The summed E-state index contributed by atoms with van der Waals surface area (Å²) in [6.07, 6.45) is 6.21. The molecule has 1 saturated heterocycles. The van der Waals surface area contributed by atoms with E-state index in [0.717, 1.165) is 24.8 Å². The van der Waals surface area contributed by atoms with Crippen molar-refractivity contribution in [1.29, 1.82) is 0 Å². The maximum absolute atomic E-state index is 13.2. The number of nitrogens with one attached hydrogen (secondary N) is 2. The van der Waals surface area contributed by atoms with Crippen LogP contribution in [0.25, 0.3) is 0 Å². The van der Waals surface area contributed by atoms with Crippen molar-refractivity contribution in [3.63, 3.8) is 0 Å². The van der Waals surface area contributed by atoms with Crippen molar-refractivity contribution < 1.29 is 17.9 Å². The summed E-state index contributed by atoms with van der Waals surface area (Å²) < 4.78 is 33.6. The van der Waals surface area contributed by atoms with Crippen LogP contribution in [0.15, 0.2) is 53.7 Å². The lowest BCUT2D eigenvalue weighted by Gasteiger charge is -2.44. The zero-order valence-corrected chi connectivity index (χ0v) is 21.3. The number of nitrogens with zero attached hydrogens (tertiary/aromatic N) is 3. The largest absolute Gasteiger partial charge is 0.380 e. The highest BCUT2D eigenvalue weighted by atomic mass is 35.5. The minimum Gasteiger partial charge on any atom is -0.380 e. The van der Waals surface area contributed by atoms with Crippen molar-refractivity contribution in [2.24, 2.45) is 0 Å². The first kappa shape index (κ1) is 25.8. The number of carbonyl (C=O) groups excluding carboxylic acids is 1. The number of anilines is 1. The van der Waals surface area contributed by atoms with E-state index >= 15 is 0 Å². The first-order chi connectivity index (χ1) is 16.9. The van der Waals surface area contributed by atoms with Crippen LogP contribution < -0.4 is 10.6 Å². The van der Waals surface area contributed by atoms with Gasteiger partial charge in [0.05, 0.1) is 11.0 Å². The Balaban J connectivity index is 1.30. The second-order valence-corrected chi connectivity index (χ2v) is 11.4. The number of pyridine rings is 1. The number of amides is 2. The van der Waals surface area contributed by atoms with E-state index in [4.69, 9.17) is 16.3 Å². The van der Waals surface area contributed by atoms with Gasteiger partial charge in [0.15, 0.2) is 0 Å². The topological polar surface area (TPSA) is 104 Å². The van der Waals surface area contributed by atoms with Crippen molar-refractivity contribution >= 4 is 33.3 Å². The molecule has 9 nitrogen and oxygen atoms in total. The van der Waals surface area contributed by atoms with Crippen LogP contribution in [-0.2, 0) is 21.3 Å². The molecule has 3 unspecified atom stereocenters. The van der Waals surface area contributed by atoms with Gasteiger partial charge in [0.25, 0.3) is 0 Å². The first-order valence-electron chi connectivity index (χ1n) is 11.8. The third-order valence-corrected chi connectivity index (χ3v) is 8.97. The van der Waals surface area contributed by atoms with Gasteiger partial charge in [-0.15, -0.1) is 11.6 Å².